The minimum absolute atomic E-state index is 0.424. The van der Waals surface area contributed by atoms with Crippen LogP contribution in [0.15, 0.2) is 0 Å². The third-order valence-corrected chi connectivity index (χ3v) is 3.69. The largest absolute Gasteiger partial charge is 0.317 e. The molecule has 66 valence electrons. The minimum atomic E-state index is -2.48. The van der Waals surface area contributed by atoms with Gasteiger partial charge in [0.2, 0.25) is 0 Å². The lowest BCUT2D eigenvalue weighted by Gasteiger charge is -2.09. The van der Waals surface area contributed by atoms with Gasteiger partial charge in [0, 0.05) is 0 Å². The predicted octanol–water partition coefficient (Wildman–Crippen LogP) is 0.175. The van der Waals surface area contributed by atoms with Crippen molar-refractivity contribution in [3.8, 4) is 0 Å². The van der Waals surface area contributed by atoms with Gasteiger partial charge in [-0.1, -0.05) is 0 Å². The van der Waals surface area contributed by atoms with Crippen molar-refractivity contribution >= 4 is 9.84 Å². The van der Waals surface area contributed by atoms with Gasteiger partial charge in [0.25, 0.3) is 0 Å². The lowest BCUT2D eigenvalue weighted by atomic mass is 10.4. The first kappa shape index (κ1) is 9.00. The molecule has 2 fully saturated rings. The number of hydrogen-bond donors (Lipinski definition) is 1. The summed E-state index contributed by atoms with van der Waals surface area (Å²) in [6, 6.07) is 0. The second-order valence-electron chi connectivity index (χ2n) is 2.96. The number of sulfone groups is 1. The van der Waals surface area contributed by atoms with Crippen LogP contribution in [0, 0.1) is 0 Å². The number of nitrogens with one attached hydrogen (secondary N) is 1. The fourth-order valence-corrected chi connectivity index (χ4v) is 1.77. The van der Waals surface area contributed by atoms with E-state index in [2.05, 4.69) is 5.32 Å². The van der Waals surface area contributed by atoms with Gasteiger partial charge in [-0.2, -0.15) is 0 Å². The van der Waals surface area contributed by atoms with Gasteiger partial charge in [0.05, 0.1) is 11.5 Å². The van der Waals surface area contributed by atoms with Crippen LogP contribution >= 0.6 is 0 Å². The molecule has 0 aromatic rings. The monoisotopic (exact) mass is 177 g/mol. The van der Waals surface area contributed by atoms with E-state index in [1.807, 2.05) is 0 Å². The molecule has 0 unspecified atom stereocenters. The van der Waals surface area contributed by atoms with E-state index in [-0.39, 0.29) is 0 Å². The van der Waals surface area contributed by atoms with Crippen molar-refractivity contribution in [2.24, 2.45) is 0 Å². The first-order chi connectivity index (χ1) is 5.21. The molecule has 3 nitrogen and oxygen atoms in total. The summed E-state index contributed by atoms with van der Waals surface area (Å²) < 4.78 is 20.2. The van der Waals surface area contributed by atoms with E-state index in [9.17, 15) is 8.42 Å². The molecule has 11 heavy (non-hydrogen) atoms. The van der Waals surface area contributed by atoms with E-state index >= 15 is 0 Å². The zero-order valence-corrected chi connectivity index (χ0v) is 7.49. The van der Waals surface area contributed by atoms with Gasteiger partial charge in [-0.3, -0.25) is 0 Å². The summed E-state index contributed by atoms with van der Waals surface area (Å²) in [6.07, 6.45) is 3.66. The lowest BCUT2D eigenvalue weighted by Crippen LogP contribution is -2.23. The predicted molar refractivity (Wildman–Crippen MR) is 45.4 cm³/mol. The van der Waals surface area contributed by atoms with Gasteiger partial charge in [0.1, 0.15) is 9.84 Å². The summed E-state index contributed by atoms with van der Waals surface area (Å²) in [4.78, 5) is 0. The van der Waals surface area contributed by atoms with Crippen LogP contribution in [0.3, 0.4) is 0 Å². The van der Waals surface area contributed by atoms with Crippen molar-refractivity contribution in [2.75, 3.05) is 24.6 Å². The zero-order valence-electron chi connectivity index (χ0n) is 6.67. The minimum Gasteiger partial charge on any atom is -0.317 e. The van der Waals surface area contributed by atoms with E-state index in [0.717, 1.165) is 6.42 Å². The average molecular weight is 177 g/mol. The third kappa shape index (κ3) is 3.72. The zero-order chi connectivity index (χ0) is 8.16. The fraction of sp³-hybridized carbons (Fsp3) is 1.00. The summed E-state index contributed by atoms with van der Waals surface area (Å²) >= 11 is 0. The SMILES string of the molecule is C1CCNC1.O=S1(=O)CCC1. The van der Waals surface area contributed by atoms with Crippen LogP contribution in [0.5, 0.6) is 0 Å². The van der Waals surface area contributed by atoms with Crippen LogP contribution < -0.4 is 5.32 Å². The molecule has 2 saturated heterocycles. The van der Waals surface area contributed by atoms with Crippen LogP contribution in [-0.2, 0) is 9.84 Å². The van der Waals surface area contributed by atoms with Gasteiger partial charge in [-0.15, -0.1) is 0 Å². The first-order valence-corrected chi connectivity index (χ1v) is 5.94. The second-order valence-corrected chi connectivity index (χ2v) is 5.27. The Morgan fingerprint density at radius 3 is 1.45 bits per heavy atom. The van der Waals surface area contributed by atoms with Gasteiger partial charge in [-0.25, -0.2) is 8.42 Å². The fourth-order valence-electron chi connectivity index (χ4n) is 1.01. The molecule has 2 aliphatic heterocycles. The maximum atomic E-state index is 10.1. The molecule has 2 heterocycles. The summed E-state index contributed by atoms with van der Waals surface area (Å²) in [5.74, 6) is 0.847. The molecule has 2 rings (SSSR count). The van der Waals surface area contributed by atoms with Gasteiger partial charge in [-0.05, 0) is 32.4 Å². The molecule has 2 aliphatic rings. The van der Waals surface area contributed by atoms with E-state index in [1.165, 1.54) is 25.9 Å². The molecule has 0 aliphatic carbocycles. The Labute approximate surface area is 68.1 Å². The summed E-state index contributed by atoms with van der Waals surface area (Å²) in [7, 11) is -2.48. The lowest BCUT2D eigenvalue weighted by molar-refractivity contribution is 0.580. The van der Waals surface area contributed by atoms with E-state index < -0.39 is 9.84 Å². The van der Waals surface area contributed by atoms with Crippen LogP contribution in [0.2, 0.25) is 0 Å². The highest BCUT2D eigenvalue weighted by molar-refractivity contribution is 7.92. The average Bonchev–Trinajstić information content (AvgIpc) is 2.39. The molecule has 0 saturated carbocycles. The summed E-state index contributed by atoms with van der Waals surface area (Å²) in [5, 5.41) is 3.22. The molecule has 0 bridgehead atoms. The summed E-state index contributed by atoms with van der Waals surface area (Å²) in [5.41, 5.74) is 0. The second kappa shape index (κ2) is 4.07. The molecule has 0 aromatic carbocycles. The maximum Gasteiger partial charge on any atom is 0.150 e. The number of hydrogen-bond acceptors (Lipinski definition) is 3. The Hall–Kier alpha value is -0.0900. The number of rotatable bonds is 0. The quantitative estimate of drug-likeness (QED) is 0.574. The van der Waals surface area contributed by atoms with E-state index in [1.54, 1.807) is 0 Å². The molecule has 0 amide bonds. The molecular formula is C7H15NO2S. The van der Waals surface area contributed by atoms with Crippen LogP contribution in [0.25, 0.3) is 0 Å². The molecule has 0 atom stereocenters. The highest BCUT2D eigenvalue weighted by atomic mass is 32.2. The Balaban J connectivity index is 0.000000112. The van der Waals surface area contributed by atoms with Crippen LogP contribution in [0.1, 0.15) is 19.3 Å². The molecule has 1 N–H and O–H groups in total. The molecule has 0 radical (unpaired) electrons. The van der Waals surface area contributed by atoms with Crippen molar-refractivity contribution in [3.05, 3.63) is 0 Å². The highest BCUT2D eigenvalue weighted by Gasteiger charge is 2.19. The van der Waals surface area contributed by atoms with Crippen LogP contribution in [-0.4, -0.2) is 33.0 Å². The Kier molecular flexibility index (Phi) is 3.33. The van der Waals surface area contributed by atoms with E-state index in [4.69, 9.17) is 0 Å². The van der Waals surface area contributed by atoms with Gasteiger partial charge >= 0.3 is 0 Å². The normalized spacial score (nSPS) is 26.5. The Bertz CT molecular complexity index is 177. The topological polar surface area (TPSA) is 46.2 Å². The van der Waals surface area contributed by atoms with Crippen molar-refractivity contribution in [1.29, 1.82) is 0 Å². The highest BCUT2D eigenvalue weighted by Crippen LogP contribution is 2.06. The molecule has 0 aromatic heterocycles. The van der Waals surface area contributed by atoms with Gasteiger partial charge in [0.15, 0.2) is 0 Å². The van der Waals surface area contributed by atoms with Crippen molar-refractivity contribution in [3.63, 3.8) is 0 Å². The van der Waals surface area contributed by atoms with Crippen molar-refractivity contribution < 1.29 is 8.42 Å². The summed E-state index contributed by atoms with van der Waals surface area (Å²) in [6.45, 7) is 2.50. The molecule has 4 heteroatoms. The third-order valence-electron chi connectivity index (χ3n) is 1.87. The van der Waals surface area contributed by atoms with Crippen molar-refractivity contribution in [1.82, 2.24) is 5.32 Å². The molecule has 0 spiro atoms. The Morgan fingerprint density at radius 2 is 1.36 bits per heavy atom. The molecular weight excluding hydrogens is 162 g/mol. The standard InChI is InChI=1S/C4H9N.C3H6O2S/c1-2-4-5-3-1;4-6(5)2-1-3-6/h5H,1-4H2;1-3H2. The van der Waals surface area contributed by atoms with Crippen molar-refractivity contribution in [2.45, 2.75) is 19.3 Å². The van der Waals surface area contributed by atoms with Gasteiger partial charge < -0.3 is 5.32 Å². The first-order valence-electron chi connectivity index (χ1n) is 4.12. The van der Waals surface area contributed by atoms with Crippen LogP contribution in [0.4, 0.5) is 0 Å². The maximum absolute atomic E-state index is 10.1. The Morgan fingerprint density at radius 1 is 0.909 bits per heavy atom. The smallest absolute Gasteiger partial charge is 0.150 e. The van der Waals surface area contributed by atoms with E-state index in [0.29, 0.717) is 11.5 Å².